The lowest BCUT2D eigenvalue weighted by atomic mass is 9.87. The highest BCUT2D eigenvalue weighted by molar-refractivity contribution is 6.37. The number of carbonyl (C=O) groups excluding carboxylic acids is 2. The Morgan fingerprint density at radius 1 is 0.969 bits per heavy atom. The number of carbonyl (C=O) groups is 2. The van der Waals surface area contributed by atoms with Gasteiger partial charge in [-0.25, -0.2) is 0 Å². The zero-order valence-electron chi connectivity index (χ0n) is 19.7. The van der Waals surface area contributed by atoms with Crippen LogP contribution in [0.1, 0.15) is 45.7 Å². The SMILES string of the molecule is COc1ccccc1C1=C(Nc2ccc(C(C)(C)C)cc2)C(=O)N(CCOC(C)C)C1=O. The van der Waals surface area contributed by atoms with E-state index in [0.29, 0.717) is 16.9 Å². The Morgan fingerprint density at radius 2 is 1.62 bits per heavy atom. The second kappa shape index (κ2) is 9.57. The first-order valence-corrected chi connectivity index (χ1v) is 10.9. The Bertz CT molecular complexity index is 1020. The molecule has 0 unspecified atom stereocenters. The van der Waals surface area contributed by atoms with Crippen molar-refractivity contribution in [1.29, 1.82) is 0 Å². The van der Waals surface area contributed by atoms with Crippen molar-refractivity contribution < 1.29 is 19.1 Å². The Hall–Kier alpha value is -3.12. The van der Waals surface area contributed by atoms with Crippen LogP contribution in [0.25, 0.3) is 5.57 Å². The highest BCUT2D eigenvalue weighted by atomic mass is 16.5. The normalized spacial score (nSPS) is 14.5. The molecule has 0 saturated heterocycles. The van der Waals surface area contributed by atoms with Gasteiger partial charge in [0.05, 0.1) is 31.9 Å². The fourth-order valence-electron chi connectivity index (χ4n) is 3.57. The minimum Gasteiger partial charge on any atom is -0.496 e. The summed E-state index contributed by atoms with van der Waals surface area (Å²) in [5, 5.41) is 3.20. The van der Waals surface area contributed by atoms with E-state index in [9.17, 15) is 9.59 Å². The number of nitrogens with one attached hydrogen (secondary N) is 1. The van der Waals surface area contributed by atoms with Gasteiger partial charge in [0.1, 0.15) is 11.4 Å². The molecular weight excluding hydrogens is 404 g/mol. The predicted molar refractivity (Wildman–Crippen MR) is 126 cm³/mol. The molecule has 6 nitrogen and oxygen atoms in total. The molecule has 6 heteroatoms. The maximum Gasteiger partial charge on any atom is 0.278 e. The highest BCUT2D eigenvalue weighted by Gasteiger charge is 2.40. The predicted octanol–water partition coefficient (Wildman–Crippen LogP) is 4.61. The van der Waals surface area contributed by atoms with Gasteiger partial charge >= 0.3 is 0 Å². The van der Waals surface area contributed by atoms with Crippen LogP contribution in [0.4, 0.5) is 5.69 Å². The summed E-state index contributed by atoms with van der Waals surface area (Å²) in [6, 6.07) is 15.1. The van der Waals surface area contributed by atoms with E-state index < -0.39 is 0 Å². The van der Waals surface area contributed by atoms with Gasteiger partial charge in [-0.1, -0.05) is 51.1 Å². The summed E-state index contributed by atoms with van der Waals surface area (Å²) >= 11 is 0. The summed E-state index contributed by atoms with van der Waals surface area (Å²) in [6.45, 7) is 10.7. The van der Waals surface area contributed by atoms with Gasteiger partial charge in [0.2, 0.25) is 0 Å². The van der Waals surface area contributed by atoms with Crippen molar-refractivity contribution in [3.8, 4) is 5.75 Å². The third kappa shape index (κ3) is 5.02. The third-order valence-electron chi connectivity index (χ3n) is 5.33. The van der Waals surface area contributed by atoms with Crippen LogP contribution in [0.3, 0.4) is 0 Å². The Morgan fingerprint density at radius 3 is 2.22 bits per heavy atom. The third-order valence-corrected chi connectivity index (χ3v) is 5.33. The molecule has 170 valence electrons. The topological polar surface area (TPSA) is 67.9 Å². The minimum absolute atomic E-state index is 0.0170. The average molecular weight is 437 g/mol. The van der Waals surface area contributed by atoms with Crippen LogP contribution >= 0.6 is 0 Å². The highest BCUT2D eigenvalue weighted by Crippen LogP contribution is 2.35. The maximum absolute atomic E-state index is 13.3. The van der Waals surface area contributed by atoms with Gasteiger partial charge in [-0.2, -0.15) is 0 Å². The van der Waals surface area contributed by atoms with E-state index in [-0.39, 0.29) is 42.2 Å². The first-order valence-electron chi connectivity index (χ1n) is 10.9. The molecule has 2 aromatic rings. The number of imide groups is 1. The molecule has 1 aliphatic heterocycles. The molecule has 0 saturated carbocycles. The van der Waals surface area contributed by atoms with Gasteiger partial charge in [-0.05, 0) is 43.0 Å². The van der Waals surface area contributed by atoms with Crippen molar-refractivity contribution in [2.24, 2.45) is 0 Å². The summed E-state index contributed by atoms with van der Waals surface area (Å²) in [4.78, 5) is 27.9. The van der Waals surface area contributed by atoms with Crippen LogP contribution in [-0.2, 0) is 19.7 Å². The minimum atomic E-state index is -0.372. The van der Waals surface area contributed by atoms with Gasteiger partial charge in [0.25, 0.3) is 11.8 Å². The summed E-state index contributed by atoms with van der Waals surface area (Å²) in [6.07, 6.45) is 0.0170. The van der Waals surface area contributed by atoms with E-state index in [1.165, 1.54) is 10.5 Å². The van der Waals surface area contributed by atoms with Crippen LogP contribution in [0, 0.1) is 0 Å². The van der Waals surface area contributed by atoms with Gasteiger partial charge in [0.15, 0.2) is 0 Å². The lowest BCUT2D eigenvalue weighted by Gasteiger charge is -2.19. The molecule has 1 aliphatic rings. The molecule has 0 aromatic heterocycles. The van der Waals surface area contributed by atoms with Crippen molar-refractivity contribution in [2.45, 2.75) is 46.1 Å². The Labute approximate surface area is 190 Å². The zero-order valence-corrected chi connectivity index (χ0v) is 19.7. The number of benzene rings is 2. The number of nitrogens with zero attached hydrogens (tertiary/aromatic N) is 1. The van der Waals surface area contributed by atoms with E-state index in [1.54, 1.807) is 19.2 Å². The molecule has 0 aliphatic carbocycles. The second-order valence-corrected chi connectivity index (χ2v) is 9.08. The molecule has 1 heterocycles. The van der Waals surface area contributed by atoms with Crippen LogP contribution in [-0.4, -0.2) is 43.1 Å². The number of ether oxygens (including phenoxy) is 2. The first kappa shape index (κ1) is 23.5. The average Bonchev–Trinajstić information content (AvgIpc) is 2.97. The van der Waals surface area contributed by atoms with Crippen LogP contribution in [0.5, 0.6) is 5.75 Å². The van der Waals surface area contributed by atoms with E-state index in [1.807, 2.05) is 50.2 Å². The lowest BCUT2D eigenvalue weighted by Crippen LogP contribution is -2.35. The van der Waals surface area contributed by atoms with Crippen molar-refractivity contribution in [3.63, 3.8) is 0 Å². The van der Waals surface area contributed by atoms with Crippen LogP contribution in [0.15, 0.2) is 54.2 Å². The number of para-hydroxylation sites is 1. The first-order chi connectivity index (χ1) is 15.1. The van der Waals surface area contributed by atoms with Crippen molar-refractivity contribution in [1.82, 2.24) is 4.90 Å². The lowest BCUT2D eigenvalue weighted by molar-refractivity contribution is -0.137. The fourth-order valence-corrected chi connectivity index (χ4v) is 3.57. The van der Waals surface area contributed by atoms with Crippen LogP contribution < -0.4 is 10.1 Å². The smallest absolute Gasteiger partial charge is 0.278 e. The van der Waals surface area contributed by atoms with Crippen LogP contribution in [0.2, 0.25) is 0 Å². The number of anilines is 1. The Kier molecular flexibility index (Phi) is 7.04. The largest absolute Gasteiger partial charge is 0.496 e. The number of hydrogen-bond acceptors (Lipinski definition) is 5. The van der Waals surface area contributed by atoms with Gasteiger partial charge < -0.3 is 14.8 Å². The van der Waals surface area contributed by atoms with E-state index in [4.69, 9.17) is 9.47 Å². The quantitative estimate of drug-likeness (QED) is 0.612. The summed E-state index contributed by atoms with van der Waals surface area (Å²) in [7, 11) is 1.55. The molecular formula is C26H32N2O4. The molecule has 0 fully saturated rings. The van der Waals surface area contributed by atoms with Crippen molar-refractivity contribution in [2.75, 3.05) is 25.6 Å². The van der Waals surface area contributed by atoms with Gasteiger partial charge in [0, 0.05) is 11.3 Å². The Balaban J connectivity index is 1.99. The molecule has 0 radical (unpaired) electrons. The van der Waals surface area contributed by atoms with Gasteiger partial charge in [-0.3, -0.25) is 14.5 Å². The monoisotopic (exact) mass is 436 g/mol. The maximum atomic E-state index is 13.3. The molecule has 2 aromatic carbocycles. The number of methoxy groups -OCH3 is 1. The number of amides is 2. The summed E-state index contributed by atoms with van der Waals surface area (Å²) < 4.78 is 11.0. The number of rotatable bonds is 8. The molecule has 1 N–H and O–H groups in total. The molecule has 0 atom stereocenters. The molecule has 2 amide bonds. The fraction of sp³-hybridized carbons (Fsp3) is 0.385. The van der Waals surface area contributed by atoms with Crippen molar-refractivity contribution >= 4 is 23.1 Å². The molecule has 3 rings (SSSR count). The zero-order chi connectivity index (χ0) is 23.5. The second-order valence-electron chi connectivity index (χ2n) is 9.08. The van der Waals surface area contributed by atoms with Crippen molar-refractivity contribution in [3.05, 3.63) is 65.4 Å². The van der Waals surface area contributed by atoms with E-state index in [2.05, 4.69) is 26.1 Å². The summed E-state index contributed by atoms with van der Waals surface area (Å²) in [5.41, 5.74) is 3.07. The molecule has 0 bridgehead atoms. The van der Waals surface area contributed by atoms with E-state index >= 15 is 0 Å². The number of hydrogen-bond donors (Lipinski definition) is 1. The molecule has 0 spiro atoms. The van der Waals surface area contributed by atoms with E-state index in [0.717, 1.165) is 5.69 Å². The van der Waals surface area contributed by atoms with Gasteiger partial charge in [-0.15, -0.1) is 0 Å². The summed E-state index contributed by atoms with van der Waals surface area (Å²) in [5.74, 6) is -0.199. The standard InChI is InChI=1S/C26H32N2O4/c1-17(2)32-16-15-28-24(29)22(20-9-7-8-10-21(20)31-6)23(25(28)30)27-19-13-11-18(12-14-19)26(3,4)5/h7-14,17,27H,15-16H2,1-6H3. The molecule has 32 heavy (non-hydrogen) atoms.